The molecule has 1 N–H and O–H groups in total. The summed E-state index contributed by atoms with van der Waals surface area (Å²) in [7, 11) is 0. The van der Waals surface area contributed by atoms with Crippen LogP contribution < -0.4 is 5.32 Å². The Morgan fingerprint density at radius 3 is 2.63 bits per heavy atom. The number of hydrogen-bond acceptors (Lipinski definition) is 4. The first-order valence-corrected chi connectivity index (χ1v) is 10.6. The first kappa shape index (κ1) is 19.5. The van der Waals surface area contributed by atoms with Crippen LogP contribution in [0.4, 0.5) is 5.13 Å². The third kappa shape index (κ3) is 5.39. The van der Waals surface area contributed by atoms with Gasteiger partial charge in [0.2, 0.25) is 11.8 Å². The number of amides is 2. The molecule has 2 aromatic rings. The zero-order valence-electron chi connectivity index (χ0n) is 15.8. The van der Waals surface area contributed by atoms with E-state index in [1.54, 1.807) is 4.90 Å². The third-order valence-corrected chi connectivity index (χ3v) is 5.67. The van der Waals surface area contributed by atoms with Gasteiger partial charge in [0.15, 0.2) is 5.13 Å². The maximum Gasteiger partial charge on any atom is 0.245 e. The fraction of sp³-hybridized carbons (Fsp3) is 0.476. The molecule has 1 saturated carbocycles. The van der Waals surface area contributed by atoms with Crippen molar-refractivity contribution < 1.29 is 9.59 Å². The number of nitrogens with one attached hydrogen (secondary N) is 1. The second-order valence-electron chi connectivity index (χ2n) is 7.05. The van der Waals surface area contributed by atoms with Crippen LogP contribution in [-0.4, -0.2) is 34.8 Å². The smallest absolute Gasteiger partial charge is 0.245 e. The monoisotopic (exact) mass is 385 g/mol. The number of anilines is 1. The lowest BCUT2D eigenvalue weighted by atomic mass is 9.88. The number of carbonyl (C=O) groups is 2. The number of aromatic nitrogens is 1. The van der Waals surface area contributed by atoms with Crippen molar-refractivity contribution in [1.29, 1.82) is 0 Å². The van der Waals surface area contributed by atoms with E-state index in [9.17, 15) is 9.59 Å². The van der Waals surface area contributed by atoms with E-state index in [-0.39, 0.29) is 24.3 Å². The van der Waals surface area contributed by atoms with E-state index in [0.717, 1.165) is 43.4 Å². The van der Waals surface area contributed by atoms with Gasteiger partial charge in [-0.1, -0.05) is 56.5 Å². The molecule has 1 aliphatic rings. The van der Waals surface area contributed by atoms with Crippen LogP contribution in [0.25, 0.3) is 11.3 Å². The Bertz CT molecular complexity index is 754. The highest BCUT2D eigenvalue weighted by molar-refractivity contribution is 7.14. The van der Waals surface area contributed by atoms with E-state index >= 15 is 0 Å². The highest BCUT2D eigenvalue weighted by atomic mass is 32.1. The van der Waals surface area contributed by atoms with Crippen molar-refractivity contribution >= 4 is 28.3 Å². The van der Waals surface area contributed by atoms with Crippen LogP contribution in [0.15, 0.2) is 35.7 Å². The molecule has 144 valence electrons. The summed E-state index contributed by atoms with van der Waals surface area (Å²) in [5.41, 5.74) is 1.87. The zero-order chi connectivity index (χ0) is 19.1. The maximum absolute atomic E-state index is 12.8. The maximum atomic E-state index is 12.8. The van der Waals surface area contributed by atoms with Crippen LogP contribution in [0.2, 0.25) is 0 Å². The Labute approximate surface area is 164 Å². The molecule has 3 rings (SSSR count). The van der Waals surface area contributed by atoms with E-state index in [2.05, 4.69) is 10.3 Å². The minimum Gasteiger partial charge on any atom is -0.333 e. The number of rotatable bonds is 7. The van der Waals surface area contributed by atoms with Gasteiger partial charge in [-0.3, -0.25) is 9.59 Å². The predicted octanol–water partition coefficient (Wildman–Crippen LogP) is 4.57. The highest BCUT2D eigenvalue weighted by Crippen LogP contribution is 2.26. The molecule has 0 atom stereocenters. The van der Waals surface area contributed by atoms with Crippen LogP contribution in [0.1, 0.15) is 45.4 Å². The van der Waals surface area contributed by atoms with Crippen molar-refractivity contribution in [2.45, 2.75) is 45.4 Å². The van der Waals surface area contributed by atoms with Gasteiger partial charge in [0.05, 0.1) is 12.2 Å². The fourth-order valence-corrected chi connectivity index (χ4v) is 4.29. The minimum absolute atomic E-state index is 0.0858. The van der Waals surface area contributed by atoms with Crippen LogP contribution in [-0.2, 0) is 9.59 Å². The molecule has 0 aliphatic heterocycles. The summed E-state index contributed by atoms with van der Waals surface area (Å²) in [5.74, 6) is 0.0417. The molecule has 1 aliphatic carbocycles. The number of carbonyl (C=O) groups excluding carboxylic acids is 2. The van der Waals surface area contributed by atoms with Crippen molar-refractivity contribution in [1.82, 2.24) is 9.88 Å². The van der Waals surface area contributed by atoms with Gasteiger partial charge in [-0.2, -0.15) is 0 Å². The van der Waals surface area contributed by atoms with Crippen molar-refractivity contribution in [3.05, 3.63) is 35.7 Å². The molecular formula is C21H27N3O2S. The molecule has 27 heavy (non-hydrogen) atoms. The van der Waals surface area contributed by atoms with Gasteiger partial charge in [0.25, 0.3) is 0 Å². The quantitative estimate of drug-likeness (QED) is 0.759. The van der Waals surface area contributed by atoms with Crippen LogP contribution in [0.5, 0.6) is 0 Å². The molecule has 1 heterocycles. The van der Waals surface area contributed by atoms with Gasteiger partial charge in [-0.25, -0.2) is 4.98 Å². The minimum atomic E-state index is -0.179. The molecule has 6 heteroatoms. The molecule has 5 nitrogen and oxygen atoms in total. The molecule has 0 saturated heterocycles. The van der Waals surface area contributed by atoms with Gasteiger partial charge in [0, 0.05) is 23.4 Å². The Kier molecular flexibility index (Phi) is 6.98. The third-order valence-electron chi connectivity index (χ3n) is 4.91. The second-order valence-corrected chi connectivity index (χ2v) is 7.90. The van der Waals surface area contributed by atoms with Gasteiger partial charge in [0.1, 0.15) is 0 Å². The molecule has 0 radical (unpaired) electrons. The van der Waals surface area contributed by atoms with Gasteiger partial charge in [-0.15, -0.1) is 11.3 Å². The molecule has 0 spiro atoms. The number of thiazole rings is 1. The molecule has 2 amide bonds. The first-order valence-electron chi connectivity index (χ1n) is 9.77. The summed E-state index contributed by atoms with van der Waals surface area (Å²) in [5, 5.41) is 5.36. The lowest BCUT2D eigenvalue weighted by Crippen LogP contribution is -2.42. The summed E-state index contributed by atoms with van der Waals surface area (Å²) >= 11 is 1.40. The molecule has 0 bridgehead atoms. The van der Waals surface area contributed by atoms with Crippen molar-refractivity contribution in [3.8, 4) is 11.3 Å². The van der Waals surface area contributed by atoms with Crippen molar-refractivity contribution in [2.75, 3.05) is 18.4 Å². The lowest BCUT2D eigenvalue weighted by molar-refractivity contribution is -0.139. The normalized spacial score (nSPS) is 14.7. The summed E-state index contributed by atoms with van der Waals surface area (Å²) in [4.78, 5) is 31.5. The summed E-state index contributed by atoms with van der Waals surface area (Å²) in [6, 6.07) is 9.88. The lowest BCUT2D eigenvalue weighted by Gasteiger charge is -2.28. The largest absolute Gasteiger partial charge is 0.333 e. The van der Waals surface area contributed by atoms with Gasteiger partial charge >= 0.3 is 0 Å². The zero-order valence-corrected chi connectivity index (χ0v) is 16.6. The summed E-state index contributed by atoms with van der Waals surface area (Å²) < 4.78 is 0. The van der Waals surface area contributed by atoms with E-state index in [1.165, 1.54) is 17.8 Å². The first-order chi connectivity index (χ1) is 13.2. The molecule has 0 unspecified atom stereocenters. The number of hydrogen-bond donors (Lipinski definition) is 1. The summed E-state index contributed by atoms with van der Waals surface area (Å²) in [6.45, 7) is 2.76. The average Bonchev–Trinajstić information content (AvgIpc) is 3.17. The Hall–Kier alpha value is -2.21. The molecule has 1 aromatic carbocycles. The molecular weight excluding hydrogens is 358 g/mol. The SMILES string of the molecule is CCCN(CC(=O)Nc1nc(-c2ccccc2)cs1)C(=O)C1CCCCC1. The average molecular weight is 386 g/mol. The molecule has 1 aromatic heterocycles. The standard InChI is InChI=1S/C21H27N3O2S/c1-2-13-24(20(26)17-11-7-4-8-12-17)14-19(25)23-21-22-18(15-27-21)16-9-5-3-6-10-16/h3,5-6,9-10,15,17H,2,4,7-8,11-14H2,1H3,(H,22,23,25). The van der Waals surface area contributed by atoms with Crippen LogP contribution >= 0.6 is 11.3 Å². The van der Waals surface area contributed by atoms with E-state index in [0.29, 0.717) is 11.7 Å². The van der Waals surface area contributed by atoms with Gasteiger partial charge in [-0.05, 0) is 19.3 Å². The highest BCUT2D eigenvalue weighted by Gasteiger charge is 2.27. The topological polar surface area (TPSA) is 62.3 Å². The van der Waals surface area contributed by atoms with Crippen LogP contribution in [0, 0.1) is 5.92 Å². The Morgan fingerprint density at radius 2 is 1.93 bits per heavy atom. The predicted molar refractivity (Wildman–Crippen MR) is 110 cm³/mol. The van der Waals surface area contributed by atoms with Crippen molar-refractivity contribution in [3.63, 3.8) is 0 Å². The Morgan fingerprint density at radius 1 is 1.19 bits per heavy atom. The van der Waals surface area contributed by atoms with Gasteiger partial charge < -0.3 is 10.2 Å². The molecule has 1 fully saturated rings. The number of benzene rings is 1. The summed E-state index contributed by atoms with van der Waals surface area (Å²) in [6.07, 6.45) is 6.20. The van der Waals surface area contributed by atoms with Crippen LogP contribution in [0.3, 0.4) is 0 Å². The van der Waals surface area contributed by atoms with Crippen molar-refractivity contribution in [2.24, 2.45) is 5.92 Å². The van der Waals surface area contributed by atoms with E-state index < -0.39 is 0 Å². The number of nitrogens with zero attached hydrogens (tertiary/aromatic N) is 2. The Balaban J connectivity index is 1.59. The van der Waals surface area contributed by atoms with E-state index in [4.69, 9.17) is 0 Å². The second kappa shape index (κ2) is 9.65. The van der Waals surface area contributed by atoms with E-state index in [1.807, 2.05) is 42.6 Å². The fourth-order valence-electron chi connectivity index (χ4n) is 3.55.